The summed E-state index contributed by atoms with van der Waals surface area (Å²) < 4.78 is 12.8. The number of rotatable bonds is 6. The number of halogens is 1. The molecule has 0 saturated heterocycles. The number of hydrogen-bond acceptors (Lipinski definition) is 3. The topological polar surface area (TPSA) is 50.7 Å². The lowest BCUT2D eigenvalue weighted by atomic mass is 9.87. The van der Waals surface area contributed by atoms with E-state index in [2.05, 4.69) is 43.4 Å². The van der Waals surface area contributed by atoms with Crippen molar-refractivity contribution in [1.29, 1.82) is 0 Å². The highest BCUT2D eigenvalue weighted by molar-refractivity contribution is 5.79. The summed E-state index contributed by atoms with van der Waals surface area (Å²) in [5, 5.41) is 6.49. The first-order valence-corrected chi connectivity index (χ1v) is 8.11. The fourth-order valence-electron chi connectivity index (χ4n) is 2.12. The lowest BCUT2D eigenvalue weighted by molar-refractivity contribution is -0.125. The molecule has 0 aliphatic heterocycles. The van der Waals surface area contributed by atoms with E-state index >= 15 is 0 Å². The molecule has 132 valence electrons. The van der Waals surface area contributed by atoms with Crippen LogP contribution in [-0.4, -0.2) is 18.7 Å². The molecule has 4 nitrogen and oxygen atoms in total. The Labute approximate surface area is 147 Å². The molecule has 0 atom stereocenters. The number of oxime groups is 1. The number of hydrogen-bond donors (Lipinski definition) is 1. The Balaban J connectivity index is 1.73. The maximum atomic E-state index is 12.8. The number of carbonyl (C=O) groups is 1. The Morgan fingerprint density at radius 1 is 1.12 bits per heavy atom. The molecule has 0 fully saturated rings. The summed E-state index contributed by atoms with van der Waals surface area (Å²) in [6, 6.07) is 14.0. The van der Waals surface area contributed by atoms with Crippen LogP contribution >= 0.6 is 0 Å². The third-order valence-electron chi connectivity index (χ3n) is 3.65. The molecule has 5 heteroatoms. The van der Waals surface area contributed by atoms with Gasteiger partial charge in [-0.2, -0.15) is 0 Å². The van der Waals surface area contributed by atoms with E-state index in [-0.39, 0.29) is 23.7 Å². The van der Waals surface area contributed by atoms with Crippen LogP contribution in [0.25, 0.3) is 0 Å². The SMILES string of the molecule is CC(C)(C)c1ccc(/C=N\OCC(=O)NCc2ccc(F)cc2)cc1. The van der Waals surface area contributed by atoms with E-state index in [4.69, 9.17) is 4.84 Å². The van der Waals surface area contributed by atoms with Crippen molar-refractivity contribution < 1.29 is 14.0 Å². The quantitative estimate of drug-likeness (QED) is 0.641. The van der Waals surface area contributed by atoms with Crippen LogP contribution in [0, 0.1) is 5.82 Å². The van der Waals surface area contributed by atoms with Crippen LogP contribution < -0.4 is 5.32 Å². The Morgan fingerprint density at radius 3 is 2.36 bits per heavy atom. The normalized spacial score (nSPS) is 11.5. The second kappa shape index (κ2) is 8.42. The number of nitrogens with zero attached hydrogens (tertiary/aromatic N) is 1. The van der Waals surface area contributed by atoms with Gasteiger partial charge in [-0.05, 0) is 34.2 Å². The van der Waals surface area contributed by atoms with Gasteiger partial charge < -0.3 is 10.2 Å². The third kappa shape index (κ3) is 6.37. The summed E-state index contributed by atoms with van der Waals surface area (Å²) in [7, 11) is 0. The van der Waals surface area contributed by atoms with Gasteiger partial charge in [-0.3, -0.25) is 4.79 Å². The van der Waals surface area contributed by atoms with Crippen molar-refractivity contribution in [3.63, 3.8) is 0 Å². The number of benzene rings is 2. The summed E-state index contributed by atoms with van der Waals surface area (Å²) in [4.78, 5) is 16.7. The van der Waals surface area contributed by atoms with Gasteiger partial charge in [0, 0.05) is 6.54 Å². The van der Waals surface area contributed by atoms with E-state index in [9.17, 15) is 9.18 Å². The zero-order valence-electron chi connectivity index (χ0n) is 14.8. The highest BCUT2D eigenvalue weighted by Gasteiger charge is 2.12. The molecule has 0 unspecified atom stereocenters. The first-order valence-electron chi connectivity index (χ1n) is 8.11. The lowest BCUT2D eigenvalue weighted by Crippen LogP contribution is -2.26. The minimum absolute atomic E-state index is 0.106. The molecule has 2 aromatic carbocycles. The number of nitrogens with one attached hydrogen (secondary N) is 1. The van der Waals surface area contributed by atoms with Gasteiger partial charge >= 0.3 is 0 Å². The third-order valence-corrected chi connectivity index (χ3v) is 3.65. The van der Waals surface area contributed by atoms with Gasteiger partial charge in [-0.1, -0.05) is 62.3 Å². The first kappa shape index (κ1) is 18.6. The van der Waals surface area contributed by atoms with Crippen LogP contribution in [0.15, 0.2) is 53.7 Å². The highest BCUT2D eigenvalue weighted by Crippen LogP contribution is 2.21. The van der Waals surface area contributed by atoms with Crippen molar-refractivity contribution in [2.75, 3.05) is 6.61 Å². The van der Waals surface area contributed by atoms with Crippen LogP contribution in [0.4, 0.5) is 4.39 Å². The zero-order valence-corrected chi connectivity index (χ0v) is 14.8. The predicted molar refractivity (Wildman–Crippen MR) is 96.9 cm³/mol. The summed E-state index contributed by atoms with van der Waals surface area (Å²) in [5.41, 5.74) is 3.07. The summed E-state index contributed by atoms with van der Waals surface area (Å²) >= 11 is 0. The van der Waals surface area contributed by atoms with E-state index in [1.807, 2.05) is 12.1 Å². The van der Waals surface area contributed by atoms with E-state index < -0.39 is 0 Å². The second-order valence-corrected chi connectivity index (χ2v) is 6.78. The Bertz CT molecular complexity index is 717. The van der Waals surface area contributed by atoms with Crippen LogP contribution in [0.2, 0.25) is 0 Å². The van der Waals surface area contributed by atoms with Gasteiger partial charge in [0.05, 0.1) is 6.21 Å². The van der Waals surface area contributed by atoms with Gasteiger partial charge in [0.25, 0.3) is 5.91 Å². The average Bonchev–Trinajstić information content (AvgIpc) is 2.58. The van der Waals surface area contributed by atoms with Crippen molar-refractivity contribution in [3.8, 4) is 0 Å². The average molecular weight is 342 g/mol. The van der Waals surface area contributed by atoms with E-state index in [0.717, 1.165) is 11.1 Å². The van der Waals surface area contributed by atoms with Gasteiger partial charge in [-0.15, -0.1) is 0 Å². The molecule has 0 aliphatic carbocycles. The number of carbonyl (C=O) groups excluding carboxylic acids is 1. The van der Waals surface area contributed by atoms with Crippen molar-refractivity contribution in [2.24, 2.45) is 5.16 Å². The smallest absolute Gasteiger partial charge is 0.261 e. The number of amides is 1. The summed E-state index contributed by atoms with van der Waals surface area (Å²) in [6.07, 6.45) is 1.57. The van der Waals surface area contributed by atoms with Crippen molar-refractivity contribution >= 4 is 12.1 Å². The van der Waals surface area contributed by atoms with Gasteiger partial charge in [0.15, 0.2) is 6.61 Å². The lowest BCUT2D eigenvalue weighted by Gasteiger charge is -2.18. The van der Waals surface area contributed by atoms with Crippen molar-refractivity contribution in [2.45, 2.75) is 32.7 Å². The molecule has 0 bridgehead atoms. The molecule has 1 N–H and O–H groups in total. The van der Waals surface area contributed by atoms with E-state index in [0.29, 0.717) is 6.54 Å². The van der Waals surface area contributed by atoms with Gasteiger partial charge in [-0.25, -0.2) is 4.39 Å². The minimum Gasteiger partial charge on any atom is -0.386 e. The minimum atomic E-state index is -0.303. The molecular weight excluding hydrogens is 319 g/mol. The largest absolute Gasteiger partial charge is 0.386 e. The van der Waals surface area contributed by atoms with Crippen LogP contribution in [-0.2, 0) is 21.6 Å². The molecule has 0 saturated carbocycles. The summed E-state index contributed by atoms with van der Waals surface area (Å²) in [5.74, 6) is -0.590. The zero-order chi connectivity index (χ0) is 18.3. The maximum absolute atomic E-state index is 12.8. The first-order chi connectivity index (χ1) is 11.8. The molecule has 0 aliphatic rings. The van der Waals surface area contributed by atoms with Crippen LogP contribution in [0.5, 0.6) is 0 Å². The second-order valence-electron chi connectivity index (χ2n) is 6.78. The van der Waals surface area contributed by atoms with E-state index in [1.54, 1.807) is 18.3 Å². The standard InChI is InChI=1S/C20H23FN2O2/c1-20(2,3)17-8-4-16(5-9-17)13-23-25-14-19(24)22-12-15-6-10-18(21)11-7-15/h4-11,13H,12,14H2,1-3H3,(H,22,24)/b23-13-. The predicted octanol–water partition coefficient (Wildman–Crippen LogP) is 3.79. The molecular formula is C20H23FN2O2. The van der Waals surface area contributed by atoms with Crippen molar-refractivity contribution in [3.05, 3.63) is 71.0 Å². The maximum Gasteiger partial charge on any atom is 0.261 e. The molecule has 2 aromatic rings. The van der Waals surface area contributed by atoms with Gasteiger partial charge in [0.1, 0.15) is 5.82 Å². The molecule has 25 heavy (non-hydrogen) atoms. The Kier molecular flexibility index (Phi) is 6.28. The van der Waals surface area contributed by atoms with Crippen molar-refractivity contribution in [1.82, 2.24) is 5.32 Å². The fourth-order valence-corrected chi connectivity index (χ4v) is 2.12. The molecule has 0 heterocycles. The Hall–Kier alpha value is -2.69. The Morgan fingerprint density at radius 2 is 1.76 bits per heavy atom. The molecule has 0 aromatic heterocycles. The molecule has 0 spiro atoms. The highest BCUT2D eigenvalue weighted by atomic mass is 19.1. The fraction of sp³-hybridized carbons (Fsp3) is 0.300. The molecule has 1 amide bonds. The molecule has 2 rings (SSSR count). The van der Waals surface area contributed by atoms with Crippen LogP contribution in [0.1, 0.15) is 37.5 Å². The van der Waals surface area contributed by atoms with Crippen LogP contribution in [0.3, 0.4) is 0 Å². The van der Waals surface area contributed by atoms with E-state index in [1.165, 1.54) is 17.7 Å². The summed E-state index contributed by atoms with van der Waals surface area (Å²) in [6.45, 7) is 6.62. The monoisotopic (exact) mass is 342 g/mol. The molecule has 0 radical (unpaired) electrons. The van der Waals surface area contributed by atoms with Gasteiger partial charge in [0.2, 0.25) is 0 Å².